The normalized spacial score (nSPS) is 11.5. The molecule has 0 saturated heterocycles. The van der Waals surface area contributed by atoms with Crippen molar-refractivity contribution in [1.29, 1.82) is 0 Å². The van der Waals surface area contributed by atoms with Crippen molar-refractivity contribution in [2.45, 2.75) is 26.7 Å². The van der Waals surface area contributed by atoms with Crippen molar-refractivity contribution < 1.29 is 4.39 Å². The zero-order valence-corrected chi connectivity index (χ0v) is 17.4. The Morgan fingerprint density at radius 3 is 2.71 bits per heavy atom. The summed E-state index contributed by atoms with van der Waals surface area (Å²) >= 11 is 0. The third-order valence-corrected chi connectivity index (χ3v) is 5.64. The predicted molar refractivity (Wildman–Crippen MR) is 123 cm³/mol. The van der Waals surface area contributed by atoms with E-state index in [1.54, 1.807) is 12.1 Å². The molecule has 0 bridgehead atoms. The van der Waals surface area contributed by atoms with E-state index in [4.69, 9.17) is 5.73 Å². The van der Waals surface area contributed by atoms with E-state index in [1.165, 1.54) is 6.07 Å². The van der Waals surface area contributed by atoms with Crippen LogP contribution in [0.2, 0.25) is 0 Å². The molecule has 0 aliphatic heterocycles. The second-order valence-corrected chi connectivity index (χ2v) is 7.89. The lowest BCUT2D eigenvalue weighted by Gasteiger charge is -2.13. The number of hydrogen-bond acceptors (Lipinski definition) is 4. The van der Waals surface area contributed by atoms with Gasteiger partial charge < -0.3 is 21.0 Å². The highest BCUT2D eigenvalue weighted by Crippen LogP contribution is 2.26. The Hall–Kier alpha value is -3.87. The van der Waals surface area contributed by atoms with E-state index in [2.05, 4.69) is 37.4 Å². The van der Waals surface area contributed by atoms with Gasteiger partial charge in [0, 0.05) is 44.9 Å². The number of benzene rings is 2. The van der Waals surface area contributed by atoms with Gasteiger partial charge in [0.2, 0.25) is 5.95 Å². The summed E-state index contributed by atoms with van der Waals surface area (Å²) < 4.78 is 13.7. The number of halogens is 1. The van der Waals surface area contributed by atoms with Gasteiger partial charge in [-0.05, 0) is 74.7 Å². The highest BCUT2D eigenvalue weighted by Gasteiger charge is 2.12. The molecule has 0 aliphatic rings. The topological polar surface area (TPSA) is 95.4 Å². The molecule has 0 amide bonds. The highest BCUT2D eigenvalue weighted by atomic mass is 19.1. The Kier molecular flexibility index (Phi) is 4.58. The number of aromatic amines is 2. The molecule has 5 aromatic rings. The summed E-state index contributed by atoms with van der Waals surface area (Å²) in [6.07, 6.45) is 3.32. The maximum Gasteiger partial charge on any atom is 0.222 e. The van der Waals surface area contributed by atoms with Crippen molar-refractivity contribution in [1.82, 2.24) is 19.9 Å². The molecule has 31 heavy (non-hydrogen) atoms. The van der Waals surface area contributed by atoms with Crippen LogP contribution in [-0.2, 0) is 12.8 Å². The Labute approximate surface area is 178 Å². The Morgan fingerprint density at radius 1 is 1.00 bits per heavy atom. The molecule has 0 spiro atoms. The van der Waals surface area contributed by atoms with Crippen LogP contribution in [0.4, 0.5) is 21.8 Å². The van der Waals surface area contributed by atoms with Gasteiger partial charge in [-0.15, -0.1) is 0 Å². The number of aromatic nitrogens is 4. The van der Waals surface area contributed by atoms with Crippen molar-refractivity contribution >= 4 is 39.3 Å². The molecular weight excluding hydrogens is 391 g/mol. The van der Waals surface area contributed by atoms with E-state index in [0.717, 1.165) is 56.4 Å². The fourth-order valence-corrected chi connectivity index (χ4v) is 4.05. The van der Waals surface area contributed by atoms with Gasteiger partial charge in [-0.2, -0.15) is 4.98 Å². The van der Waals surface area contributed by atoms with Crippen LogP contribution in [0.25, 0.3) is 21.8 Å². The summed E-state index contributed by atoms with van der Waals surface area (Å²) in [6.45, 7) is 4.03. The fraction of sp³-hybridized carbons (Fsp3) is 0.167. The van der Waals surface area contributed by atoms with Crippen molar-refractivity contribution in [2.24, 2.45) is 0 Å². The maximum atomic E-state index is 13.7. The molecule has 0 fully saturated rings. The lowest BCUT2D eigenvalue weighted by Crippen LogP contribution is -2.08. The minimum atomic E-state index is -0.239. The van der Waals surface area contributed by atoms with Gasteiger partial charge in [0.1, 0.15) is 11.6 Å². The molecular formula is C24H23FN6. The first-order chi connectivity index (χ1) is 15.0. The van der Waals surface area contributed by atoms with Gasteiger partial charge in [0.05, 0.1) is 5.69 Å². The SMILES string of the molecule is Cc1cc2cc(Nc3nc(N)nc(CCc4c[nH]c5ccc(F)cc45)c3C)ccc2[nH]1. The molecule has 7 heteroatoms. The summed E-state index contributed by atoms with van der Waals surface area (Å²) in [5.41, 5.74) is 13.0. The van der Waals surface area contributed by atoms with Crippen LogP contribution in [0.1, 0.15) is 22.5 Å². The number of aryl methyl sites for hydroxylation is 3. The third-order valence-electron chi connectivity index (χ3n) is 5.64. The van der Waals surface area contributed by atoms with Gasteiger partial charge in [-0.25, -0.2) is 9.37 Å². The number of hydrogen-bond donors (Lipinski definition) is 4. The highest BCUT2D eigenvalue weighted by molar-refractivity contribution is 5.85. The zero-order valence-electron chi connectivity index (χ0n) is 17.4. The molecule has 0 aliphatic carbocycles. The van der Waals surface area contributed by atoms with Crippen LogP contribution < -0.4 is 11.1 Å². The predicted octanol–water partition coefficient (Wildman–Crippen LogP) is 5.31. The zero-order chi connectivity index (χ0) is 21.5. The third kappa shape index (κ3) is 3.70. The van der Waals surface area contributed by atoms with E-state index >= 15 is 0 Å². The Morgan fingerprint density at radius 2 is 1.84 bits per heavy atom. The van der Waals surface area contributed by atoms with Gasteiger partial charge in [-0.3, -0.25) is 0 Å². The molecule has 3 aromatic heterocycles. The molecule has 0 radical (unpaired) electrons. The minimum Gasteiger partial charge on any atom is -0.368 e. The molecule has 5 rings (SSSR count). The Balaban J connectivity index is 1.41. The van der Waals surface area contributed by atoms with Crippen molar-refractivity contribution in [3.63, 3.8) is 0 Å². The smallest absolute Gasteiger partial charge is 0.222 e. The van der Waals surface area contributed by atoms with E-state index in [1.807, 2.05) is 32.2 Å². The number of anilines is 3. The van der Waals surface area contributed by atoms with Gasteiger partial charge in [-0.1, -0.05) is 0 Å². The second-order valence-electron chi connectivity index (χ2n) is 7.89. The van der Waals surface area contributed by atoms with Crippen molar-refractivity contribution in [3.8, 4) is 0 Å². The molecule has 0 saturated carbocycles. The first kappa shape index (κ1) is 19.1. The number of rotatable bonds is 5. The summed E-state index contributed by atoms with van der Waals surface area (Å²) in [4.78, 5) is 15.4. The van der Waals surface area contributed by atoms with Crippen LogP contribution in [0, 0.1) is 19.7 Å². The molecule has 2 aromatic carbocycles. The quantitative estimate of drug-likeness (QED) is 0.314. The minimum absolute atomic E-state index is 0.228. The average molecular weight is 414 g/mol. The molecule has 156 valence electrons. The molecule has 3 heterocycles. The van der Waals surface area contributed by atoms with Crippen LogP contribution in [-0.4, -0.2) is 19.9 Å². The standard InChI is InChI=1S/C24H23FN6/c1-13-9-16-10-18(5-8-21(16)28-13)29-23-14(2)20(30-24(26)31-23)6-3-15-12-27-22-7-4-17(25)11-19(15)22/h4-5,7-12,27-28H,3,6H2,1-2H3,(H3,26,29,30,31). The van der Waals surface area contributed by atoms with Gasteiger partial charge >= 0.3 is 0 Å². The number of nitrogens with one attached hydrogen (secondary N) is 3. The average Bonchev–Trinajstić information content (AvgIpc) is 3.30. The lowest BCUT2D eigenvalue weighted by molar-refractivity contribution is 0.629. The van der Waals surface area contributed by atoms with E-state index in [0.29, 0.717) is 12.2 Å². The van der Waals surface area contributed by atoms with Crippen LogP contribution in [0.15, 0.2) is 48.7 Å². The molecule has 5 N–H and O–H groups in total. The summed E-state index contributed by atoms with van der Waals surface area (Å²) in [5.74, 6) is 0.683. The van der Waals surface area contributed by atoms with Gasteiger partial charge in [0.15, 0.2) is 0 Å². The molecule has 0 atom stereocenters. The number of H-pyrrole nitrogens is 2. The van der Waals surface area contributed by atoms with Gasteiger partial charge in [0.25, 0.3) is 0 Å². The maximum absolute atomic E-state index is 13.7. The van der Waals surface area contributed by atoms with Crippen LogP contribution in [0.5, 0.6) is 0 Å². The van der Waals surface area contributed by atoms with E-state index in [9.17, 15) is 4.39 Å². The summed E-state index contributed by atoms with van der Waals surface area (Å²) in [6, 6.07) is 13.0. The lowest BCUT2D eigenvalue weighted by atomic mass is 10.0. The van der Waals surface area contributed by atoms with Crippen LogP contribution >= 0.6 is 0 Å². The number of fused-ring (bicyclic) bond motifs is 2. The first-order valence-corrected chi connectivity index (χ1v) is 10.2. The van der Waals surface area contributed by atoms with Crippen molar-refractivity contribution in [3.05, 3.63) is 77.0 Å². The Bertz CT molecular complexity index is 1410. The first-order valence-electron chi connectivity index (χ1n) is 10.2. The molecule has 6 nitrogen and oxygen atoms in total. The van der Waals surface area contributed by atoms with E-state index in [-0.39, 0.29) is 11.8 Å². The molecule has 0 unspecified atom stereocenters. The van der Waals surface area contributed by atoms with Crippen molar-refractivity contribution in [2.75, 3.05) is 11.1 Å². The fourth-order valence-electron chi connectivity index (χ4n) is 4.05. The largest absolute Gasteiger partial charge is 0.368 e. The monoisotopic (exact) mass is 414 g/mol. The second kappa shape index (κ2) is 7.43. The number of nitrogens with two attached hydrogens (primary N) is 1. The number of nitrogen functional groups attached to an aromatic ring is 1. The number of nitrogens with zero attached hydrogens (tertiary/aromatic N) is 2. The summed E-state index contributed by atoms with van der Waals surface area (Å²) in [5, 5.41) is 5.41. The summed E-state index contributed by atoms with van der Waals surface area (Å²) in [7, 11) is 0. The van der Waals surface area contributed by atoms with Crippen LogP contribution in [0.3, 0.4) is 0 Å². The van der Waals surface area contributed by atoms with E-state index < -0.39 is 0 Å².